The summed E-state index contributed by atoms with van der Waals surface area (Å²) in [4.78, 5) is 0. The molecular formula is C18H21F2NO3. The standard InChI is InChI=1S/C18H21F2NO3/c1-12-3-5-13(6-4-12)16(22)11-21-10-14-7-8-15(23-2)9-17(14)24-18(19)20/h3-9,16,18,21-22H,10-11H2,1-2H3. The molecule has 4 nitrogen and oxygen atoms in total. The number of aliphatic hydroxyl groups excluding tert-OH is 1. The first-order chi connectivity index (χ1) is 11.5. The van der Waals surface area contributed by atoms with Gasteiger partial charge in [0.2, 0.25) is 0 Å². The Labute approximate surface area is 140 Å². The van der Waals surface area contributed by atoms with E-state index in [9.17, 15) is 13.9 Å². The molecule has 0 aliphatic heterocycles. The molecule has 0 radical (unpaired) electrons. The maximum absolute atomic E-state index is 12.5. The van der Waals surface area contributed by atoms with Crippen molar-refractivity contribution in [2.75, 3.05) is 13.7 Å². The van der Waals surface area contributed by atoms with Gasteiger partial charge in [0, 0.05) is 24.7 Å². The summed E-state index contributed by atoms with van der Waals surface area (Å²) in [6.45, 7) is -0.352. The lowest BCUT2D eigenvalue weighted by molar-refractivity contribution is -0.0506. The van der Waals surface area contributed by atoms with Gasteiger partial charge in [-0.05, 0) is 18.6 Å². The van der Waals surface area contributed by atoms with E-state index in [-0.39, 0.29) is 12.3 Å². The Morgan fingerprint density at radius 1 is 1.12 bits per heavy atom. The number of hydrogen-bond donors (Lipinski definition) is 2. The van der Waals surface area contributed by atoms with Gasteiger partial charge in [-0.2, -0.15) is 8.78 Å². The molecule has 6 heteroatoms. The van der Waals surface area contributed by atoms with E-state index in [4.69, 9.17) is 4.74 Å². The number of rotatable bonds is 8. The van der Waals surface area contributed by atoms with Crippen LogP contribution >= 0.6 is 0 Å². The van der Waals surface area contributed by atoms with Gasteiger partial charge in [-0.15, -0.1) is 0 Å². The van der Waals surface area contributed by atoms with Crippen LogP contribution in [0.15, 0.2) is 42.5 Å². The lowest BCUT2D eigenvalue weighted by Crippen LogP contribution is -2.21. The first kappa shape index (κ1) is 18.2. The lowest BCUT2D eigenvalue weighted by Gasteiger charge is -2.15. The zero-order valence-electron chi connectivity index (χ0n) is 13.6. The average Bonchev–Trinajstić information content (AvgIpc) is 2.56. The molecule has 130 valence electrons. The number of nitrogens with one attached hydrogen (secondary N) is 1. The third kappa shape index (κ3) is 5.18. The minimum atomic E-state index is -2.91. The van der Waals surface area contributed by atoms with Crippen LogP contribution in [-0.4, -0.2) is 25.4 Å². The topological polar surface area (TPSA) is 50.7 Å². The SMILES string of the molecule is COc1ccc(CNCC(O)c2ccc(C)cc2)c(OC(F)F)c1. The largest absolute Gasteiger partial charge is 0.497 e. The van der Waals surface area contributed by atoms with E-state index in [1.807, 2.05) is 31.2 Å². The van der Waals surface area contributed by atoms with Crippen molar-refractivity contribution in [2.24, 2.45) is 0 Å². The Balaban J connectivity index is 1.96. The number of halogens is 2. The number of aryl methyl sites for hydroxylation is 1. The Bertz CT molecular complexity index is 647. The van der Waals surface area contributed by atoms with E-state index in [2.05, 4.69) is 10.1 Å². The van der Waals surface area contributed by atoms with Crippen LogP contribution in [0.3, 0.4) is 0 Å². The first-order valence-corrected chi connectivity index (χ1v) is 7.56. The van der Waals surface area contributed by atoms with E-state index in [1.54, 1.807) is 12.1 Å². The lowest BCUT2D eigenvalue weighted by atomic mass is 10.1. The fraction of sp³-hybridized carbons (Fsp3) is 0.333. The average molecular weight is 337 g/mol. The van der Waals surface area contributed by atoms with E-state index < -0.39 is 12.7 Å². The van der Waals surface area contributed by atoms with Gasteiger partial charge in [-0.3, -0.25) is 0 Å². The molecule has 2 aromatic carbocycles. The normalized spacial score (nSPS) is 12.2. The molecule has 1 unspecified atom stereocenters. The van der Waals surface area contributed by atoms with Crippen molar-refractivity contribution >= 4 is 0 Å². The van der Waals surface area contributed by atoms with E-state index in [0.717, 1.165) is 11.1 Å². The summed E-state index contributed by atoms with van der Waals surface area (Å²) in [5, 5.41) is 13.2. The van der Waals surface area contributed by atoms with Crippen LogP contribution in [0.5, 0.6) is 11.5 Å². The zero-order chi connectivity index (χ0) is 17.5. The van der Waals surface area contributed by atoms with E-state index in [0.29, 0.717) is 17.9 Å². The molecule has 0 aromatic heterocycles. The summed E-state index contributed by atoms with van der Waals surface area (Å²) in [6.07, 6.45) is -0.677. The molecule has 0 bridgehead atoms. The van der Waals surface area contributed by atoms with Crippen molar-refractivity contribution in [1.29, 1.82) is 0 Å². The predicted octanol–water partition coefficient (Wildman–Crippen LogP) is 3.43. The second-order valence-corrected chi connectivity index (χ2v) is 5.41. The molecule has 2 aromatic rings. The number of methoxy groups -OCH3 is 1. The molecule has 0 spiro atoms. The highest BCUT2D eigenvalue weighted by Gasteiger charge is 2.12. The number of hydrogen-bond acceptors (Lipinski definition) is 4. The van der Waals surface area contributed by atoms with E-state index >= 15 is 0 Å². The van der Waals surface area contributed by atoms with Gasteiger partial charge < -0.3 is 19.9 Å². The Morgan fingerprint density at radius 2 is 1.83 bits per heavy atom. The predicted molar refractivity (Wildman–Crippen MR) is 87.5 cm³/mol. The second-order valence-electron chi connectivity index (χ2n) is 5.41. The fourth-order valence-electron chi connectivity index (χ4n) is 2.26. The minimum Gasteiger partial charge on any atom is -0.497 e. The van der Waals surface area contributed by atoms with Crippen LogP contribution in [0.1, 0.15) is 22.8 Å². The van der Waals surface area contributed by atoms with Crippen molar-refractivity contribution in [3.05, 3.63) is 59.2 Å². The maximum atomic E-state index is 12.5. The minimum absolute atomic E-state index is 0.0571. The Morgan fingerprint density at radius 3 is 2.46 bits per heavy atom. The van der Waals surface area contributed by atoms with Crippen LogP contribution in [-0.2, 0) is 6.54 Å². The molecule has 2 rings (SSSR count). The van der Waals surface area contributed by atoms with Gasteiger partial charge >= 0.3 is 6.61 Å². The highest BCUT2D eigenvalue weighted by molar-refractivity contribution is 5.40. The van der Waals surface area contributed by atoms with Gasteiger partial charge in [0.1, 0.15) is 11.5 Å². The van der Waals surface area contributed by atoms with Crippen molar-refractivity contribution < 1.29 is 23.4 Å². The van der Waals surface area contributed by atoms with Crippen LogP contribution in [0.25, 0.3) is 0 Å². The van der Waals surface area contributed by atoms with Gasteiger partial charge in [-0.25, -0.2) is 0 Å². The zero-order valence-corrected chi connectivity index (χ0v) is 13.6. The summed E-state index contributed by atoms with van der Waals surface area (Å²) in [6, 6.07) is 12.3. The highest BCUT2D eigenvalue weighted by atomic mass is 19.3. The molecule has 2 N–H and O–H groups in total. The Kier molecular flexibility index (Phi) is 6.52. The van der Waals surface area contributed by atoms with Crippen LogP contribution in [0, 0.1) is 6.92 Å². The van der Waals surface area contributed by atoms with Gasteiger partial charge in [0.25, 0.3) is 0 Å². The molecule has 24 heavy (non-hydrogen) atoms. The van der Waals surface area contributed by atoms with E-state index in [1.165, 1.54) is 13.2 Å². The molecule has 0 fully saturated rings. The monoisotopic (exact) mass is 337 g/mol. The molecule has 0 saturated heterocycles. The van der Waals surface area contributed by atoms with Crippen molar-refractivity contribution in [3.63, 3.8) is 0 Å². The van der Waals surface area contributed by atoms with Gasteiger partial charge in [0.05, 0.1) is 13.2 Å². The maximum Gasteiger partial charge on any atom is 0.387 e. The first-order valence-electron chi connectivity index (χ1n) is 7.56. The number of ether oxygens (including phenoxy) is 2. The van der Waals surface area contributed by atoms with Gasteiger partial charge in [-0.1, -0.05) is 35.9 Å². The van der Waals surface area contributed by atoms with Crippen molar-refractivity contribution in [1.82, 2.24) is 5.32 Å². The number of aliphatic hydroxyl groups is 1. The molecule has 0 aliphatic rings. The fourth-order valence-corrected chi connectivity index (χ4v) is 2.26. The smallest absolute Gasteiger partial charge is 0.387 e. The molecular weight excluding hydrogens is 316 g/mol. The van der Waals surface area contributed by atoms with Crippen molar-refractivity contribution in [2.45, 2.75) is 26.2 Å². The molecule has 1 atom stereocenters. The number of alkyl halides is 2. The molecule has 0 heterocycles. The second kappa shape index (κ2) is 8.61. The summed E-state index contributed by atoms with van der Waals surface area (Å²) in [5.74, 6) is 0.496. The summed E-state index contributed by atoms with van der Waals surface area (Å²) >= 11 is 0. The molecule has 0 aliphatic carbocycles. The van der Waals surface area contributed by atoms with Crippen LogP contribution in [0.2, 0.25) is 0 Å². The van der Waals surface area contributed by atoms with Crippen LogP contribution < -0.4 is 14.8 Å². The molecule has 0 saturated carbocycles. The number of benzene rings is 2. The summed E-state index contributed by atoms with van der Waals surface area (Å²) in [5.41, 5.74) is 2.48. The van der Waals surface area contributed by atoms with Gasteiger partial charge in [0.15, 0.2) is 0 Å². The third-order valence-corrected chi connectivity index (χ3v) is 3.61. The van der Waals surface area contributed by atoms with Crippen LogP contribution in [0.4, 0.5) is 8.78 Å². The molecule has 0 amide bonds. The third-order valence-electron chi connectivity index (χ3n) is 3.61. The Hall–Kier alpha value is -2.18. The highest BCUT2D eigenvalue weighted by Crippen LogP contribution is 2.26. The summed E-state index contributed by atoms with van der Waals surface area (Å²) < 4.78 is 34.6. The summed E-state index contributed by atoms with van der Waals surface area (Å²) in [7, 11) is 1.46. The van der Waals surface area contributed by atoms with Crippen molar-refractivity contribution in [3.8, 4) is 11.5 Å². The quantitative estimate of drug-likeness (QED) is 0.775.